The summed E-state index contributed by atoms with van der Waals surface area (Å²) in [6, 6.07) is 4.30. The summed E-state index contributed by atoms with van der Waals surface area (Å²) >= 11 is 0. The van der Waals surface area contributed by atoms with E-state index in [4.69, 9.17) is 4.74 Å². The third kappa shape index (κ3) is 2.49. The van der Waals surface area contributed by atoms with Crippen molar-refractivity contribution in [1.29, 1.82) is 0 Å². The highest BCUT2D eigenvalue weighted by Crippen LogP contribution is 2.44. The van der Waals surface area contributed by atoms with Gasteiger partial charge in [-0.2, -0.15) is 0 Å². The van der Waals surface area contributed by atoms with E-state index in [1.807, 2.05) is 0 Å². The van der Waals surface area contributed by atoms with Gasteiger partial charge < -0.3 is 9.47 Å². The normalized spacial score (nSPS) is 28.3. The second-order valence-electron chi connectivity index (χ2n) is 5.54. The molecule has 2 atom stereocenters. The van der Waals surface area contributed by atoms with Gasteiger partial charge in [-0.3, -0.25) is 0 Å². The van der Waals surface area contributed by atoms with E-state index in [9.17, 15) is 13.2 Å². The second kappa shape index (κ2) is 4.43. The monoisotopic (exact) mass is 284 g/mol. The molecule has 1 aliphatic carbocycles. The van der Waals surface area contributed by atoms with Gasteiger partial charge in [0.05, 0.1) is 0 Å². The molecule has 5 heteroatoms. The fraction of sp³-hybridized carbons (Fsp3) is 0.467. The quantitative estimate of drug-likeness (QED) is 0.718. The standard InChI is InChI=1S/C15H15F3O2/c1-14-7-3-2-4-11(14)8-10-9-12(19-15(16,17)18)5-6-13(10)20-14/h2-3,5-6,9,11H,4,7-8H2,1H3/t11-,14+/m0/s1. The van der Waals surface area contributed by atoms with Crippen LogP contribution in [0.4, 0.5) is 13.2 Å². The van der Waals surface area contributed by atoms with Gasteiger partial charge in [0.15, 0.2) is 0 Å². The van der Waals surface area contributed by atoms with Crippen LogP contribution in [0.15, 0.2) is 30.4 Å². The Morgan fingerprint density at radius 1 is 1.30 bits per heavy atom. The SMILES string of the molecule is C[C@@]12CC=CC[C@H]1Cc1cc(OC(F)(F)F)ccc1O2. The average Bonchev–Trinajstić information content (AvgIpc) is 2.34. The first-order chi connectivity index (χ1) is 9.36. The van der Waals surface area contributed by atoms with E-state index in [0.717, 1.165) is 18.4 Å². The predicted molar refractivity (Wildman–Crippen MR) is 67.7 cm³/mol. The van der Waals surface area contributed by atoms with Gasteiger partial charge in [0.25, 0.3) is 0 Å². The Balaban J connectivity index is 1.88. The van der Waals surface area contributed by atoms with Crippen LogP contribution < -0.4 is 9.47 Å². The van der Waals surface area contributed by atoms with E-state index in [1.54, 1.807) is 6.07 Å². The third-order valence-electron chi connectivity index (χ3n) is 4.05. The summed E-state index contributed by atoms with van der Waals surface area (Å²) in [6.07, 6.45) is 1.98. The number of halogens is 3. The van der Waals surface area contributed by atoms with Gasteiger partial charge in [-0.1, -0.05) is 12.2 Å². The van der Waals surface area contributed by atoms with Crippen molar-refractivity contribution in [2.75, 3.05) is 0 Å². The molecular weight excluding hydrogens is 269 g/mol. The number of fused-ring (bicyclic) bond motifs is 2. The zero-order valence-electron chi connectivity index (χ0n) is 11.0. The number of hydrogen-bond acceptors (Lipinski definition) is 2. The van der Waals surface area contributed by atoms with Crippen LogP contribution in [0.2, 0.25) is 0 Å². The largest absolute Gasteiger partial charge is 0.573 e. The molecule has 2 nitrogen and oxygen atoms in total. The van der Waals surface area contributed by atoms with E-state index in [1.165, 1.54) is 12.1 Å². The van der Waals surface area contributed by atoms with Gasteiger partial charge in [-0.05, 0) is 43.5 Å². The van der Waals surface area contributed by atoms with Crippen LogP contribution in [0, 0.1) is 5.92 Å². The Labute approximate surface area is 115 Å². The Morgan fingerprint density at radius 2 is 2.10 bits per heavy atom. The summed E-state index contributed by atoms with van der Waals surface area (Å²) in [7, 11) is 0. The third-order valence-corrected chi connectivity index (χ3v) is 4.05. The van der Waals surface area contributed by atoms with E-state index in [-0.39, 0.29) is 11.4 Å². The lowest BCUT2D eigenvalue weighted by Crippen LogP contribution is -2.45. The topological polar surface area (TPSA) is 18.5 Å². The summed E-state index contributed by atoms with van der Waals surface area (Å²) in [6.45, 7) is 2.06. The maximum Gasteiger partial charge on any atom is 0.573 e. The number of alkyl halides is 3. The van der Waals surface area contributed by atoms with Crippen molar-refractivity contribution in [2.45, 2.75) is 38.1 Å². The van der Waals surface area contributed by atoms with Gasteiger partial charge >= 0.3 is 6.36 Å². The van der Waals surface area contributed by atoms with Crippen molar-refractivity contribution in [3.05, 3.63) is 35.9 Å². The summed E-state index contributed by atoms with van der Waals surface area (Å²) in [5.41, 5.74) is 0.526. The van der Waals surface area contributed by atoms with Crippen molar-refractivity contribution < 1.29 is 22.6 Å². The zero-order chi connectivity index (χ0) is 14.4. The minimum Gasteiger partial charge on any atom is -0.487 e. The highest BCUT2D eigenvalue weighted by molar-refractivity contribution is 5.43. The lowest BCUT2D eigenvalue weighted by Gasteiger charge is -2.43. The molecule has 0 saturated heterocycles. The minimum absolute atomic E-state index is 0.185. The van der Waals surface area contributed by atoms with E-state index >= 15 is 0 Å². The summed E-state index contributed by atoms with van der Waals surface area (Å²) in [4.78, 5) is 0. The van der Waals surface area contributed by atoms with Crippen LogP contribution in [-0.4, -0.2) is 12.0 Å². The molecule has 1 heterocycles. The molecule has 108 valence electrons. The van der Waals surface area contributed by atoms with E-state index in [0.29, 0.717) is 18.1 Å². The van der Waals surface area contributed by atoms with Crippen LogP contribution in [0.1, 0.15) is 25.3 Å². The lowest BCUT2D eigenvalue weighted by atomic mass is 9.74. The first-order valence-electron chi connectivity index (χ1n) is 6.58. The molecule has 0 spiro atoms. The molecule has 0 fully saturated rings. The zero-order valence-corrected chi connectivity index (χ0v) is 11.0. The molecule has 0 unspecified atom stereocenters. The molecule has 0 N–H and O–H groups in total. The number of allylic oxidation sites excluding steroid dienone is 1. The fourth-order valence-corrected chi connectivity index (χ4v) is 2.95. The van der Waals surface area contributed by atoms with Crippen molar-refractivity contribution in [1.82, 2.24) is 0 Å². The molecule has 1 aromatic rings. The Kier molecular flexibility index (Phi) is 2.96. The van der Waals surface area contributed by atoms with Crippen LogP contribution in [-0.2, 0) is 6.42 Å². The van der Waals surface area contributed by atoms with Gasteiger partial charge in [-0.25, -0.2) is 0 Å². The molecule has 0 bridgehead atoms. The first kappa shape index (κ1) is 13.3. The molecular formula is C15H15F3O2. The van der Waals surface area contributed by atoms with Gasteiger partial charge in [-0.15, -0.1) is 13.2 Å². The molecule has 2 aliphatic rings. The lowest BCUT2D eigenvalue weighted by molar-refractivity contribution is -0.274. The highest BCUT2D eigenvalue weighted by Gasteiger charge is 2.41. The molecule has 3 rings (SSSR count). The van der Waals surface area contributed by atoms with Crippen LogP contribution in [0.3, 0.4) is 0 Å². The van der Waals surface area contributed by atoms with E-state index < -0.39 is 6.36 Å². The van der Waals surface area contributed by atoms with Crippen LogP contribution in [0.5, 0.6) is 11.5 Å². The van der Waals surface area contributed by atoms with Gasteiger partial charge in [0, 0.05) is 12.3 Å². The first-order valence-corrected chi connectivity index (χ1v) is 6.58. The predicted octanol–water partition coefficient (Wildman–Crippen LogP) is 4.25. The molecule has 0 saturated carbocycles. The van der Waals surface area contributed by atoms with Crippen molar-refractivity contribution in [3.63, 3.8) is 0 Å². The summed E-state index contributed by atoms with van der Waals surface area (Å²) in [5.74, 6) is 0.768. The molecule has 20 heavy (non-hydrogen) atoms. The second-order valence-corrected chi connectivity index (χ2v) is 5.54. The highest BCUT2D eigenvalue weighted by atomic mass is 19.4. The summed E-state index contributed by atoms with van der Waals surface area (Å²) < 4.78 is 46.7. The van der Waals surface area contributed by atoms with Crippen molar-refractivity contribution >= 4 is 0 Å². The number of ether oxygens (including phenoxy) is 2. The number of benzene rings is 1. The van der Waals surface area contributed by atoms with Crippen molar-refractivity contribution in [3.8, 4) is 11.5 Å². The molecule has 1 aliphatic heterocycles. The molecule has 0 aromatic heterocycles. The Hall–Kier alpha value is -1.65. The fourth-order valence-electron chi connectivity index (χ4n) is 2.95. The van der Waals surface area contributed by atoms with Gasteiger partial charge in [0.1, 0.15) is 17.1 Å². The van der Waals surface area contributed by atoms with Crippen LogP contribution in [0.25, 0.3) is 0 Å². The maximum absolute atomic E-state index is 12.2. The average molecular weight is 284 g/mol. The molecule has 0 amide bonds. The number of hydrogen-bond donors (Lipinski definition) is 0. The summed E-state index contributed by atoms with van der Waals surface area (Å²) in [5, 5.41) is 0. The van der Waals surface area contributed by atoms with Gasteiger partial charge in [0.2, 0.25) is 0 Å². The molecule has 0 radical (unpaired) electrons. The van der Waals surface area contributed by atoms with E-state index in [2.05, 4.69) is 23.8 Å². The van der Waals surface area contributed by atoms with Crippen molar-refractivity contribution in [2.24, 2.45) is 5.92 Å². The maximum atomic E-state index is 12.2. The smallest absolute Gasteiger partial charge is 0.487 e. The minimum atomic E-state index is -4.66. The molecule has 1 aromatic carbocycles. The Bertz CT molecular complexity index is 551. The van der Waals surface area contributed by atoms with Crippen LogP contribution >= 0.6 is 0 Å². The number of rotatable bonds is 1. The Morgan fingerprint density at radius 3 is 2.85 bits per heavy atom.